The van der Waals surface area contributed by atoms with Gasteiger partial charge in [-0.05, 0) is 48.0 Å². The Kier molecular flexibility index (Phi) is 6.52. The van der Waals surface area contributed by atoms with Gasteiger partial charge in [0.1, 0.15) is 12.4 Å². The fraction of sp³-hybridized carbons (Fsp3) is 0.0769. The molecule has 5 aromatic rings. The van der Waals surface area contributed by atoms with Gasteiger partial charge in [0.05, 0.1) is 26.8 Å². The number of nitrogens with zero attached hydrogens (tertiary/aromatic N) is 2. The van der Waals surface area contributed by atoms with Crippen molar-refractivity contribution in [3.63, 3.8) is 0 Å². The normalized spacial score (nSPS) is 11.2. The first-order valence-corrected chi connectivity index (χ1v) is 11.8. The lowest BCUT2D eigenvalue weighted by Gasteiger charge is -2.11. The van der Waals surface area contributed by atoms with E-state index < -0.39 is 5.91 Å². The Bertz CT molecular complexity index is 1550. The Morgan fingerprint density at radius 2 is 1.71 bits per heavy atom. The minimum atomic E-state index is -0.393. The lowest BCUT2D eigenvalue weighted by molar-refractivity contribution is 0.102. The number of amides is 1. The van der Waals surface area contributed by atoms with Crippen LogP contribution in [0, 0.1) is 5.82 Å². The first kappa shape index (κ1) is 23.4. The van der Waals surface area contributed by atoms with Crippen molar-refractivity contribution in [2.75, 3.05) is 11.9 Å². The summed E-state index contributed by atoms with van der Waals surface area (Å²) < 4.78 is 14.9. The maximum atomic E-state index is 13.3. The fourth-order valence-electron chi connectivity index (χ4n) is 3.95. The van der Waals surface area contributed by atoms with Crippen LogP contribution in [-0.4, -0.2) is 22.2 Å². The summed E-state index contributed by atoms with van der Waals surface area (Å²) in [6.45, 7) is 0.339. The van der Waals surface area contributed by atoms with E-state index in [1.807, 2.05) is 12.1 Å². The number of rotatable bonds is 6. The van der Waals surface area contributed by atoms with Crippen molar-refractivity contribution in [3.05, 3.63) is 105 Å². The molecule has 1 N–H and O–H groups in total. The zero-order valence-corrected chi connectivity index (χ0v) is 20.3. The van der Waals surface area contributed by atoms with Gasteiger partial charge < -0.3 is 10.2 Å². The molecule has 0 spiro atoms. The summed E-state index contributed by atoms with van der Waals surface area (Å²) in [6.07, 6.45) is 3.39. The second kappa shape index (κ2) is 9.74. The van der Waals surface area contributed by atoms with E-state index in [2.05, 4.69) is 10.3 Å². The number of benzene rings is 3. The number of carbonyl (C=O) groups excluding carboxylic acids is 1. The van der Waals surface area contributed by atoms with Crippen LogP contribution in [0.1, 0.15) is 15.9 Å². The lowest BCUT2D eigenvalue weighted by Crippen LogP contribution is -2.15. The Morgan fingerprint density at radius 1 is 0.971 bits per heavy atom. The standard InChI is InChI=1S/C26H17Cl3FN3O2/c27-16-6-9-22-19(12-16)24-18(26(34)32-25-20(28)13-31-14-21(25)29)2-1-3-23(24)33(22)35-11-10-15-4-7-17(30)8-5-15/h1-9,12-14H,10-11H2,(H,31,32,34). The van der Waals surface area contributed by atoms with E-state index in [4.69, 9.17) is 39.6 Å². The molecule has 0 fully saturated rings. The number of hydrogen-bond donors (Lipinski definition) is 1. The molecule has 0 bridgehead atoms. The van der Waals surface area contributed by atoms with Gasteiger partial charge in [-0.25, -0.2) is 4.39 Å². The summed E-state index contributed by atoms with van der Waals surface area (Å²) in [5.74, 6) is -0.676. The van der Waals surface area contributed by atoms with E-state index in [9.17, 15) is 9.18 Å². The highest BCUT2D eigenvalue weighted by atomic mass is 35.5. The van der Waals surface area contributed by atoms with Gasteiger partial charge in [-0.15, -0.1) is 0 Å². The largest absolute Gasteiger partial charge is 0.413 e. The average Bonchev–Trinajstić information content (AvgIpc) is 3.15. The Labute approximate surface area is 214 Å². The summed E-state index contributed by atoms with van der Waals surface area (Å²) in [4.78, 5) is 23.4. The van der Waals surface area contributed by atoms with Crippen molar-refractivity contribution >= 4 is 68.2 Å². The number of aromatic nitrogens is 2. The van der Waals surface area contributed by atoms with Crippen molar-refractivity contribution in [1.29, 1.82) is 0 Å². The topological polar surface area (TPSA) is 56.2 Å². The minimum absolute atomic E-state index is 0.229. The van der Waals surface area contributed by atoms with Gasteiger partial charge >= 0.3 is 0 Å². The second-order valence-electron chi connectivity index (χ2n) is 7.80. The molecule has 0 radical (unpaired) electrons. The number of nitrogens with one attached hydrogen (secondary N) is 1. The van der Waals surface area contributed by atoms with Gasteiger partial charge in [-0.1, -0.05) is 53.0 Å². The zero-order valence-electron chi connectivity index (χ0n) is 18.1. The summed E-state index contributed by atoms with van der Waals surface area (Å²) in [5, 5.41) is 5.20. The van der Waals surface area contributed by atoms with Gasteiger partial charge in [-0.3, -0.25) is 9.78 Å². The van der Waals surface area contributed by atoms with Crippen LogP contribution in [0.2, 0.25) is 15.1 Å². The molecule has 0 saturated carbocycles. The molecule has 35 heavy (non-hydrogen) atoms. The van der Waals surface area contributed by atoms with E-state index in [1.165, 1.54) is 24.5 Å². The first-order chi connectivity index (χ1) is 16.9. The molecule has 2 aromatic heterocycles. The number of carbonyl (C=O) groups is 1. The van der Waals surface area contributed by atoms with E-state index in [0.29, 0.717) is 34.5 Å². The Hall–Kier alpha value is -3.32. The minimum Gasteiger partial charge on any atom is -0.413 e. The van der Waals surface area contributed by atoms with E-state index in [-0.39, 0.29) is 21.5 Å². The lowest BCUT2D eigenvalue weighted by atomic mass is 10.1. The molecule has 5 nitrogen and oxygen atoms in total. The van der Waals surface area contributed by atoms with E-state index >= 15 is 0 Å². The summed E-state index contributed by atoms with van der Waals surface area (Å²) in [5.41, 5.74) is 3.08. The number of hydrogen-bond acceptors (Lipinski definition) is 3. The van der Waals surface area contributed by atoms with Crippen LogP contribution >= 0.6 is 34.8 Å². The van der Waals surface area contributed by atoms with Crippen LogP contribution in [0.25, 0.3) is 21.8 Å². The maximum Gasteiger partial charge on any atom is 0.256 e. The van der Waals surface area contributed by atoms with Crippen molar-refractivity contribution in [2.45, 2.75) is 6.42 Å². The second-order valence-corrected chi connectivity index (χ2v) is 9.05. The van der Waals surface area contributed by atoms with Crippen LogP contribution in [0.4, 0.5) is 10.1 Å². The van der Waals surface area contributed by atoms with Gasteiger partial charge in [0.15, 0.2) is 0 Å². The number of halogens is 4. The van der Waals surface area contributed by atoms with Gasteiger partial charge in [0, 0.05) is 40.2 Å². The predicted octanol–water partition coefficient (Wildman–Crippen LogP) is 7.21. The molecule has 1 amide bonds. The van der Waals surface area contributed by atoms with E-state index in [0.717, 1.165) is 16.5 Å². The molecule has 5 rings (SSSR count). The van der Waals surface area contributed by atoms with Crippen molar-refractivity contribution in [3.8, 4) is 0 Å². The zero-order chi connectivity index (χ0) is 24.5. The third kappa shape index (κ3) is 4.65. The highest BCUT2D eigenvalue weighted by molar-refractivity contribution is 6.40. The van der Waals surface area contributed by atoms with Crippen LogP contribution in [0.5, 0.6) is 0 Å². The Balaban J connectivity index is 1.54. The predicted molar refractivity (Wildman–Crippen MR) is 138 cm³/mol. The summed E-state index contributed by atoms with van der Waals surface area (Å²) >= 11 is 18.7. The van der Waals surface area contributed by atoms with Crippen molar-refractivity contribution in [1.82, 2.24) is 9.71 Å². The average molecular weight is 529 g/mol. The van der Waals surface area contributed by atoms with Crippen LogP contribution in [0.3, 0.4) is 0 Å². The molecule has 9 heteroatoms. The molecule has 0 saturated heterocycles. The number of anilines is 1. The molecular weight excluding hydrogens is 512 g/mol. The third-order valence-corrected chi connectivity index (χ3v) is 6.38. The molecule has 0 aliphatic carbocycles. The van der Waals surface area contributed by atoms with Crippen molar-refractivity contribution in [2.24, 2.45) is 0 Å². The maximum absolute atomic E-state index is 13.3. The molecule has 176 valence electrons. The quantitative estimate of drug-likeness (QED) is 0.253. The third-order valence-electron chi connectivity index (χ3n) is 5.57. The molecule has 0 aliphatic rings. The molecule has 0 atom stereocenters. The highest BCUT2D eigenvalue weighted by Gasteiger charge is 2.20. The fourth-order valence-corrected chi connectivity index (χ4v) is 4.58. The van der Waals surface area contributed by atoms with Crippen LogP contribution in [0.15, 0.2) is 73.1 Å². The number of fused-ring (bicyclic) bond motifs is 3. The van der Waals surface area contributed by atoms with Gasteiger partial charge in [0.25, 0.3) is 5.91 Å². The first-order valence-electron chi connectivity index (χ1n) is 10.6. The summed E-state index contributed by atoms with van der Waals surface area (Å²) in [7, 11) is 0. The Morgan fingerprint density at radius 3 is 2.46 bits per heavy atom. The molecular formula is C26H17Cl3FN3O2. The molecule has 0 aliphatic heterocycles. The van der Waals surface area contributed by atoms with Gasteiger partial charge in [0.2, 0.25) is 0 Å². The van der Waals surface area contributed by atoms with Crippen LogP contribution in [-0.2, 0) is 6.42 Å². The summed E-state index contributed by atoms with van der Waals surface area (Å²) in [6, 6.07) is 17.0. The SMILES string of the molecule is O=C(Nc1c(Cl)cncc1Cl)c1cccc2c1c1cc(Cl)ccc1n2OCCc1ccc(F)cc1. The highest BCUT2D eigenvalue weighted by Crippen LogP contribution is 2.34. The smallest absolute Gasteiger partial charge is 0.256 e. The van der Waals surface area contributed by atoms with Gasteiger partial charge in [-0.2, -0.15) is 4.73 Å². The molecule has 2 heterocycles. The molecule has 0 unspecified atom stereocenters. The molecule has 3 aromatic carbocycles. The monoisotopic (exact) mass is 527 g/mol. The number of pyridine rings is 1. The van der Waals surface area contributed by atoms with Crippen LogP contribution < -0.4 is 10.2 Å². The van der Waals surface area contributed by atoms with Crippen molar-refractivity contribution < 1.29 is 14.0 Å². The van der Waals surface area contributed by atoms with E-state index in [1.54, 1.807) is 41.1 Å².